The molecule has 3 heterocycles. The van der Waals surface area contributed by atoms with E-state index in [1.54, 1.807) is 6.20 Å². The Kier molecular flexibility index (Phi) is 6.57. The molecule has 1 aromatic heterocycles. The van der Waals surface area contributed by atoms with Gasteiger partial charge in [0.2, 0.25) is 0 Å². The number of amides is 2. The van der Waals surface area contributed by atoms with Crippen LogP contribution in [0.3, 0.4) is 0 Å². The number of likely N-dealkylation sites (tertiary alicyclic amines) is 1. The highest BCUT2D eigenvalue weighted by Gasteiger charge is 2.45. The highest BCUT2D eigenvalue weighted by molar-refractivity contribution is 5.94. The van der Waals surface area contributed by atoms with Crippen LogP contribution >= 0.6 is 0 Å². The van der Waals surface area contributed by atoms with Gasteiger partial charge in [-0.3, -0.25) is 4.79 Å². The summed E-state index contributed by atoms with van der Waals surface area (Å²) in [5.74, 6) is 0.986. The molecule has 182 valence electrons. The van der Waals surface area contributed by atoms with E-state index in [1.165, 1.54) is 5.56 Å². The highest BCUT2D eigenvalue weighted by atomic mass is 16.6. The number of carbonyl (C=O) groups excluding carboxylic acids is 2. The standard InChI is InChI=1S/C28H32N4O3/c1-22-29-14-18-31(22)20-24-9-5-10-25(19-24)26(33)30-15-6-12-28(13-17-30)21-32(27(34)35-28)16-11-23-7-3-2-4-8-23/h2-5,7-10,14,18-19H,6,11-13,15-17,20-21H2,1H3/t28-/m1/s1. The Morgan fingerprint density at radius 2 is 1.89 bits per heavy atom. The van der Waals surface area contributed by atoms with E-state index in [-0.39, 0.29) is 12.0 Å². The van der Waals surface area contributed by atoms with Crippen molar-refractivity contribution in [3.63, 3.8) is 0 Å². The smallest absolute Gasteiger partial charge is 0.410 e. The Balaban J connectivity index is 1.20. The van der Waals surface area contributed by atoms with Crippen molar-refractivity contribution in [2.45, 2.75) is 44.8 Å². The first-order valence-electron chi connectivity index (χ1n) is 12.4. The summed E-state index contributed by atoms with van der Waals surface area (Å²) < 4.78 is 8.00. The van der Waals surface area contributed by atoms with E-state index in [4.69, 9.17) is 4.74 Å². The molecular weight excluding hydrogens is 440 g/mol. The number of carbonyl (C=O) groups is 2. The number of imidazole rings is 1. The minimum absolute atomic E-state index is 0.0384. The minimum atomic E-state index is -0.496. The number of hydrogen-bond donors (Lipinski definition) is 0. The lowest BCUT2D eigenvalue weighted by Crippen LogP contribution is -2.37. The van der Waals surface area contributed by atoms with E-state index in [0.717, 1.165) is 30.7 Å². The van der Waals surface area contributed by atoms with E-state index in [1.807, 2.05) is 65.4 Å². The Morgan fingerprint density at radius 3 is 2.69 bits per heavy atom. The molecule has 0 radical (unpaired) electrons. The number of ether oxygens (including phenoxy) is 1. The van der Waals surface area contributed by atoms with Gasteiger partial charge in [0.05, 0.1) is 6.54 Å². The molecule has 1 atom stereocenters. The molecule has 0 N–H and O–H groups in total. The fraction of sp³-hybridized carbons (Fsp3) is 0.393. The molecule has 2 aliphatic rings. The first-order valence-corrected chi connectivity index (χ1v) is 12.4. The molecule has 7 nitrogen and oxygen atoms in total. The Morgan fingerprint density at radius 1 is 1.06 bits per heavy atom. The predicted octanol–water partition coefficient (Wildman–Crippen LogP) is 4.30. The topological polar surface area (TPSA) is 67.7 Å². The van der Waals surface area contributed by atoms with E-state index in [9.17, 15) is 9.59 Å². The Labute approximate surface area is 206 Å². The summed E-state index contributed by atoms with van der Waals surface area (Å²) in [4.78, 5) is 34.0. The SMILES string of the molecule is Cc1nccn1Cc1cccc(C(=O)N2CCC[C@@]3(CC2)CN(CCc2ccccc2)C(=O)O3)c1. The molecular formula is C28H32N4O3. The lowest BCUT2D eigenvalue weighted by molar-refractivity contribution is 0.0438. The van der Waals surface area contributed by atoms with Gasteiger partial charge in [0.15, 0.2) is 0 Å². The maximum atomic E-state index is 13.4. The van der Waals surface area contributed by atoms with Gasteiger partial charge in [-0.1, -0.05) is 42.5 Å². The number of nitrogens with zero attached hydrogens (tertiary/aromatic N) is 4. The van der Waals surface area contributed by atoms with Crippen LogP contribution < -0.4 is 0 Å². The van der Waals surface area contributed by atoms with E-state index in [2.05, 4.69) is 21.7 Å². The molecule has 2 aromatic carbocycles. The van der Waals surface area contributed by atoms with Gasteiger partial charge in [-0.05, 0) is 49.4 Å². The van der Waals surface area contributed by atoms with Crippen molar-refractivity contribution in [3.05, 3.63) is 89.5 Å². The van der Waals surface area contributed by atoms with Crippen molar-refractivity contribution in [1.29, 1.82) is 0 Å². The molecule has 0 saturated carbocycles. The van der Waals surface area contributed by atoms with Crippen LogP contribution in [0.15, 0.2) is 67.0 Å². The third-order valence-electron chi connectivity index (χ3n) is 7.19. The molecule has 7 heteroatoms. The average molecular weight is 473 g/mol. The molecule has 2 saturated heterocycles. The molecule has 3 aromatic rings. The molecule has 0 unspecified atom stereocenters. The van der Waals surface area contributed by atoms with Gasteiger partial charge in [-0.15, -0.1) is 0 Å². The number of aryl methyl sites for hydroxylation is 1. The van der Waals surface area contributed by atoms with Gasteiger partial charge < -0.3 is 19.1 Å². The van der Waals surface area contributed by atoms with Crippen molar-refractivity contribution in [2.24, 2.45) is 0 Å². The van der Waals surface area contributed by atoms with Crippen molar-refractivity contribution in [3.8, 4) is 0 Å². The second-order valence-corrected chi connectivity index (χ2v) is 9.66. The third kappa shape index (κ3) is 5.24. The highest BCUT2D eigenvalue weighted by Crippen LogP contribution is 2.33. The molecule has 0 bridgehead atoms. The summed E-state index contributed by atoms with van der Waals surface area (Å²) in [6.07, 6.45) is 6.58. The summed E-state index contributed by atoms with van der Waals surface area (Å²) in [6.45, 7) is 5.17. The second-order valence-electron chi connectivity index (χ2n) is 9.66. The zero-order chi connectivity index (χ0) is 24.3. The van der Waals surface area contributed by atoms with Crippen LogP contribution in [-0.2, 0) is 17.7 Å². The van der Waals surface area contributed by atoms with Crippen LogP contribution in [-0.4, -0.2) is 63.1 Å². The van der Waals surface area contributed by atoms with E-state index < -0.39 is 5.60 Å². The van der Waals surface area contributed by atoms with Crippen molar-refractivity contribution < 1.29 is 14.3 Å². The monoisotopic (exact) mass is 472 g/mol. The van der Waals surface area contributed by atoms with Gasteiger partial charge in [-0.25, -0.2) is 9.78 Å². The number of hydrogen-bond acceptors (Lipinski definition) is 4. The van der Waals surface area contributed by atoms with Crippen molar-refractivity contribution >= 4 is 12.0 Å². The molecule has 2 aliphatic heterocycles. The summed E-state index contributed by atoms with van der Waals surface area (Å²) in [7, 11) is 0. The van der Waals surface area contributed by atoms with E-state index >= 15 is 0 Å². The number of rotatable bonds is 6. The van der Waals surface area contributed by atoms with Crippen LogP contribution in [0.5, 0.6) is 0 Å². The third-order valence-corrected chi connectivity index (χ3v) is 7.19. The van der Waals surface area contributed by atoms with E-state index in [0.29, 0.717) is 44.7 Å². The molecule has 2 amide bonds. The Bertz CT molecular complexity index is 1190. The van der Waals surface area contributed by atoms with Gasteiger partial charge in [-0.2, -0.15) is 0 Å². The largest absolute Gasteiger partial charge is 0.441 e. The summed E-state index contributed by atoms with van der Waals surface area (Å²) >= 11 is 0. The first kappa shape index (κ1) is 23.1. The maximum Gasteiger partial charge on any atom is 0.410 e. The maximum absolute atomic E-state index is 13.4. The second kappa shape index (κ2) is 9.94. The molecule has 5 rings (SSSR count). The van der Waals surface area contributed by atoms with Crippen LogP contribution in [0.2, 0.25) is 0 Å². The van der Waals surface area contributed by atoms with Gasteiger partial charge in [0.25, 0.3) is 5.91 Å². The lowest BCUT2D eigenvalue weighted by Gasteiger charge is -2.25. The molecule has 35 heavy (non-hydrogen) atoms. The van der Waals surface area contributed by atoms with Gasteiger partial charge in [0, 0.05) is 50.6 Å². The number of aromatic nitrogens is 2. The fourth-order valence-corrected chi connectivity index (χ4v) is 5.16. The first-order chi connectivity index (χ1) is 17.0. The van der Waals surface area contributed by atoms with Crippen LogP contribution in [0.1, 0.15) is 46.6 Å². The summed E-state index contributed by atoms with van der Waals surface area (Å²) in [5, 5.41) is 0. The van der Waals surface area contributed by atoms with Crippen LogP contribution in [0.25, 0.3) is 0 Å². The normalized spacial score (nSPS) is 20.2. The van der Waals surface area contributed by atoms with Crippen molar-refractivity contribution in [2.75, 3.05) is 26.2 Å². The lowest BCUT2D eigenvalue weighted by atomic mass is 9.95. The van der Waals surface area contributed by atoms with Gasteiger partial charge in [0.1, 0.15) is 11.4 Å². The molecule has 2 fully saturated rings. The molecule has 1 spiro atoms. The quantitative estimate of drug-likeness (QED) is 0.537. The zero-order valence-electron chi connectivity index (χ0n) is 20.2. The fourth-order valence-electron chi connectivity index (χ4n) is 5.16. The van der Waals surface area contributed by atoms with Crippen LogP contribution in [0.4, 0.5) is 4.79 Å². The van der Waals surface area contributed by atoms with Crippen molar-refractivity contribution in [1.82, 2.24) is 19.4 Å². The Hall–Kier alpha value is -3.61. The number of benzene rings is 2. The van der Waals surface area contributed by atoms with Crippen LogP contribution in [0, 0.1) is 6.92 Å². The molecule has 0 aliphatic carbocycles. The summed E-state index contributed by atoms with van der Waals surface area (Å²) in [5.41, 5.74) is 2.49. The zero-order valence-corrected chi connectivity index (χ0v) is 20.2. The average Bonchev–Trinajstić information content (AvgIpc) is 3.34. The summed E-state index contributed by atoms with van der Waals surface area (Å²) in [6, 6.07) is 18.0. The van der Waals surface area contributed by atoms with Gasteiger partial charge >= 0.3 is 6.09 Å². The minimum Gasteiger partial charge on any atom is -0.441 e. The predicted molar refractivity (Wildman–Crippen MR) is 133 cm³/mol.